The highest BCUT2D eigenvalue weighted by Gasteiger charge is 2.12. The lowest BCUT2D eigenvalue weighted by atomic mass is 10.2. The Hall–Kier alpha value is -1.73. The number of benzene rings is 1. The van der Waals surface area contributed by atoms with E-state index in [2.05, 4.69) is 10.1 Å². The van der Waals surface area contributed by atoms with Crippen LogP contribution in [0.5, 0.6) is 0 Å². The van der Waals surface area contributed by atoms with Crippen LogP contribution in [0, 0.1) is 0 Å². The number of hydrogen-bond acceptors (Lipinski definition) is 5. The Morgan fingerprint density at radius 3 is 2.78 bits per heavy atom. The SMILES string of the molecule is O=c1/c(=C/c2ccc(Cl)cc2Cl)sc2nc(-c3cccs3)nn12. The van der Waals surface area contributed by atoms with E-state index in [4.69, 9.17) is 23.2 Å². The van der Waals surface area contributed by atoms with E-state index in [9.17, 15) is 4.79 Å². The molecule has 0 saturated carbocycles. The molecular weight excluding hydrogens is 373 g/mol. The lowest BCUT2D eigenvalue weighted by Gasteiger charge is -1.97. The molecule has 0 saturated heterocycles. The van der Waals surface area contributed by atoms with Gasteiger partial charge in [0.1, 0.15) is 0 Å². The van der Waals surface area contributed by atoms with Gasteiger partial charge < -0.3 is 0 Å². The third kappa shape index (κ3) is 2.68. The van der Waals surface area contributed by atoms with Crippen molar-refractivity contribution in [2.45, 2.75) is 0 Å². The van der Waals surface area contributed by atoms with Crippen molar-refractivity contribution in [1.82, 2.24) is 14.6 Å². The summed E-state index contributed by atoms with van der Waals surface area (Å²) in [5, 5.41) is 7.29. The highest BCUT2D eigenvalue weighted by atomic mass is 35.5. The Morgan fingerprint density at radius 1 is 1.22 bits per heavy atom. The summed E-state index contributed by atoms with van der Waals surface area (Å²) in [5.41, 5.74) is 0.530. The number of thiophene rings is 1. The predicted octanol–water partition coefficient (Wildman–Crippen LogP) is 3.73. The summed E-state index contributed by atoms with van der Waals surface area (Å²) in [6, 6.07) is 9.00. The molecule has 0 amide bonds. The van der Waals surface area contributed by atoms with E-state index in [0.717, 1.165) is 10.4 Å². The monoisotopic (exact) mass is 379 g/mol. The van der Waals surface area contributed by atoms with Crippen LogP contribution in [0.15, 0.2) is 40.5 Å². The summed E-state index contributed by atoms with van der Waals surface area (Å²) in [6.07, 6.45) is 1.73. The molecular formula is C15H7Cl2N3OS2. The van der Waals surface area contributed by atoms with Crippen molar-refractivity contribution in [1.29, 1.82) is 0 Å². The van der Waals surface area contributed by atoms with Crippen molar-refractivity contribution in [2.75, 3.05) is 0 Å². The lowest BCUT2D eigenvalue weighted by molar-refractivity contribution is 0.938. The van der Waals surface area contributed by atoms with Crippen LogP contribution >= 0.6 is 45.9 Å². The molecule has 1 aromatic carbocycles. The molecule has 4 aromatic rings. The summed E-state index contributed by atoms with van der Waals surface area (Å²) in [6.45, 7) is 0. The average molecular weight is 380 g/mol. The third-order valence-electron chi connectivity index (χ3n) is 3.17. The van der Waals surface area contributed by atoms with Gasteiger partial charge in [0.05, 0.1) is 9.41 Å². The maximum atomic E-state index is 12.5. The van der Waals surface area contributed by atoms with Crippen LogP contribution < -0.4 is 10.1 Å². The maximum Gasteiger partial charge on any atom is 0.291 e. The zero-order valence-corrected chi connectivity index (χ0v) is 14.5. The molecule has 0 spiro atoms. The van der Waals surface area contributed by atoms with Crippen LogP contribution in [0.4, 0.5) is 0 Å². The second kappa shape index (κ2) is 5.72. The summed E-state index contributed by atoms with van der Waals surface area (Å²) in [4.78, 5) is 18.4. The van der Waals surface area contributed by atoms with Crippen LogP contribution in [0.1, 0.15) is 5.56 Å². The molecule has 0 aliphatic rings. The quantitative estimate of drug-likeness (QED) is 0.532. The smallest absolute Gasteiger partial charge is 0.266 e. The lowest BCUT2D eigenvalue weighted by Crippen LogP contribution is -2.23. The van der Waals surface area contributed by atoms with Gasteiger partial charge in [-0.3, -0.25) is 4.79 Å². The van der Waals surface area contributed by atoms with Crippen LogP contribution in [0.25, 0.3) is 21.7 Å². The number of nitrogens with zero attached hydrogens (tertiary/aromatic N) is 3. The van der Waals surface area contributed by atoms with E-state index in [1.54, 1.807) is 24.3 Å². The van der Waals surface area contributed by atoms with Gasteiger partial charge in [-0.2, -0.15) is 9.50 Å². The molecule has 0 fully saturated rings. The van der Waals surface area contributed by atoms with Gasteiger partial charge in [-0.1, -0.05) is 46.7 Å². The van der Waals surface area contributed by atoms with E-state index in [0.29, 0.717) is 25.4 Å². The van der Waals surface area contributed by atoms with E-state index < -0.39 is 0 Å². The molecule has 0 aliphatic heterocycles. The largest absolute Gasteiger partial charge is 0.291 e. The number of halogens is 2. The van der Waals surface area contributed by atoms with Gasteiger partial charge in [-0.25, -0.2) is 0 Å². The summed E-state index contributed by atoms with van der Waals surface area (Å²) in [7, 11) is 0. The first-order valence-corrected chi connectivity index (χ1v) is 8.97. The summed E-state index contributed by atoms with van der Waals surface area (Å²) < 4.78 is 1.86. The second-order valence-corrected chi connectivity index (χ2v) is 7.49. The minimum atomic E-state index is -0.202. The molecule has 23 heavy (non-hydrogen) atoms. The fourth-order valence-corrected chi connectivity index (χ4v) is 4.12. The van der Waals surface area contributed by atoms with Crippen molar-refractivity contribution in [3.63, 3.8) is 0 Å². The number of fused-ring (bicyclic) bond motifs is 1. The standard InChI is InChI=1S/C15H7Cl2N3OS2/c16-9-4-3-8(10(17)7-9)6-12-14(21)20-15(23-12)18-13(19-20)11-2-1-5-22-11/h1-7H/b12-6-. The van der Waals surface area contributed by atoms with Crippen molar-refractivity contribution in [3.8, 4) is 10.7 Å². The second-order valence-electron chi connectivity index (χ2n) is 4.69. The van der Waals surface area contributed by atoms with Gasteiger partial charge in [-0.05, 0) is 35.2 Å². The molecule has 3 heterocycles. The Bertz CT molecular complexity index is 1120. The fraction of sp³-hybridized carbons (Fsp3) is 0. The van der Waals surface area contributed by atoms with Crippen molar-refractivity contribution < 1.29 is 0 Å². The van der Waals surface area contributed by atoms with Gasteiger partial charge in [-0.15, -0.1) is 16.4 Å². The van der Waals surface area contributed by atoms with Gasteiger partial charge in [0.25, 0.3) is 5.56 Å². The van der Waals surface area contributed by atoms with E-state index in [1.807, 2.05) is 17.5 Å². The Morgan fingerprint density at radius 2 is 2.09 bits per heavy atom. The molecule has 0 aliphatic carbocycles. The molecule has 0 bridgehead atoms. The minimum absolute atomic E-state index is 0.202. The first-order valence-electron chi connectivity index (χ1n) is 6.52. The third-order valence-corrected chi connectivity index (χ3v) is 5.56. The molecule has 0 N–H and O–H groups in total. The first-order chi connectivity index (χ1) is 11.1. The van der Waals surface area contributed by atoms with E-state index >= 15 is 0 Å². The molecule has 0 unspecified atom stereocenters. The molecule has 8 heteroatoms. The molecule has 3 aromatic heterocycles. The Kier molecular flexibility index (Phi) is 3.69. The molecule has 114 valence electrons. The van der Waals surface area contributed by atoms with Crippen LogP contribution in [-0.4, -0.2) is 14.6 Å². The fourth-order valence-electron chi connectivity index (χ4n) is 2.10. The first kappa shape index (κ1) is 14.8. The molecule has 0 atom stereocenters. The number of thiazole rings is 1. The van der Waals surface area contributed by atoms with Crippen LogP contribution in [0.3, 0.4) is 0 Å². The van der Waals surface area contributed by atoms with Crippen LogP contribution in [-0.2, 0) is 0 Å². The maximum absolute atomic E-state index is 12.5. The molecule has 0 radical (unpaired) electrons. The average Bonchev–Trinajstić information content (AvgIpc) is 3.21. The zero-order chi connectivity index (χ0) is 16.0. The van der Waals surface area contributed by atoms with Crippen LogP contribution in [0.2, 0.25) is 10.0 Å². The predicted molar refractivity (Wildman–Crippen MR) is 95.7 cm³/mol. The summed E-state index contributed by atoms with van der Waals surface area (Å²) in [5.74, 6) is 0.569. The van der Waals surface area contributed by atoms with Gasteiger partial charge in [0.15, 0.2) is 5.82 Å². The van der Waals surface area contributed by atoms with Crippen molar-refractivity contribution >= 4 is 56.9 Å². The Balaban J connectivity index is 1.86. The number of rotatable bonds is 2. The zero-order valence-electron chi connectivity index (χ0n) is 11.4. The highest BCUT2D eigenvalue weighted by molar-refractivity contribution is 7.15. The van der Waals surface area contributed by atoms with E-state index in [-0.39, 0.29) is 5.56 Å². The molecule has 4 nitrogen and oxygen atoms in total. The number of hydrogen-bond donors (Lipinski definition) is 0. The van der Waals surface area contributed by atoms with Crippen molar-refractivity contribution in [2.24, 2.45) is 0 Å². The number of aromatic nitrogens is 3. The van der Waals surface area contributed by atoms with Gasteiger partial charge in [0.2, 0.25) is 4.96 Å². The normalized spacial score (nSPS) is 12.3. The minimum Gasteiger partial charge on any atom is -0.266 e. The van der Waals surface area contributed by atoms with E-state index in [1.165, 1.54) is 27.2 Å². The van der Waals surface area contributed by atoms with Crippen molar-refractivity contribution in [3.05, 3.63) is 66.2 Å². The Labute approximate surface area is 148 Å². The van der Waals surface area contributed by atoms with Gasteiger partial charge in [0, 0.05) is 10.0 Å². The highest BCUT2D eigenvalue weighted by Crippen LogP contribution is 2.23. The molecule has 4 rings (SSSR count). The topological polar surface area (TPSA) is 47.3 Å². The van der Waals surface area contributed by atoms with Gasteiger partial charge >= 0.3 is 0 Å². The summed E-state index contributed by atoms with van der Waals surface area (Å²) >= 11 is 14.9.